The van der Waals surface area contributed by atoms with E-state index in [2.05, 4.69) is 25.3 Å². The number of fused-ring (bicyclic) bond motifs is 1. The van der Waals surface area contributed by atoms with Crippen molar-refractivity contribution < 1.29 is 4.79 Å². The SMILES string of the molecule is Cc1cc(C(=O)Nc2nc(Cl)c3[nH]cnc3n2)sc1C. The number of aryl methyl sites for hydroxylation is 2. The lowest BCUT2D eigenvalue weighted by Crippen LogP contribution is -2.13. The number of H-pyrrole nitrogens is 1. The van der Waals surface area contributed by atoms with Crippen LogP contribution in [-0.2, 0) is 0 Å². The van der Waals surface area contributed by atoms with Gasteiger partial charge in [-0.3, -0.25) is 10.1 Å². The second kappa shape index (κ2) is 4.84. The smallest absolute Gasteiger partial charge is 0.268 e. The molecule has 0 unspecified atom stereocenters. The molecule has 1 amide bonds. The van der Waals surface area contributed by atoms with Crippen LogP contribution in [0.4, 0.5) is 5.95 Å². The number of halogens is 1. The molecule has 102 valence electrons. The van der Waals surface area contributed by atoms with Gasteiger partial charge in [0.15, 0.2) is 10.8 Å². The van der Waals surface area contributed by atoms with Crippen molar-refractivity contribution in [2.24, 2.45) is 0 Å². The summed E-state index contributed by atoms with van der Waals surface area (Å²) in [7, 11) is 0. The van der Waals surface area contributed by atoms with Crippen molar-refractivity contribution in [3.8, 4) is 0 Å². The number of hydrogen-bond acceptors (Lipinski definition) is 5. The summed E-state index contributed by atoms with van der Waals surface area (Å²) >= 11 is 7.42. The van der Waals surface area contributed by atoms with E-state index in [1.54, 1.807) is 0 Å². The Hall–Kier alpha value is -1.99. The van der Waals surface area contributed by atoms with Gasteiger partial charge in [-0.1, -0.05) is 11.6 Å². The molecule has 0 saturated heterocycles. The van der Waals surface area contributed by atoms with Gasteiger partial charge < -0.3 is 4.98 Å². The molecule has 0 aliphatic carbocycles. The van der Waals surface area contributed by atoms with Gasteiger partial charge in [-0.15, -0.1) is 11.3 Å². The molecule has 0 aromatic carbocycles. The van der Waals surface area contributed by atoms with Gasteiger partial charge in [0, 0.05) is 4.88 Å². The first-order valence-corrected chi connectivity index (χ1v) is 6.99. The topological polar surface area (TPSA) is 83.6 Å². The van der Waals surface area contributed by atoms with Gasteiger partial charge in [0.05, 0.1) is 11.2 Å². The number of imidazole rings is 1. The second-order valence-corrected chi connectivity index (χ2v) is 5.86. The van der Waals surface area contributed by atoms with Crippen molar-refractivity contribution in [1.29, 1.82) is 0 Å². The van der Waals surface area contributed by atoms with Crippen molar-refractivity contribution in [2.45, 2.75) is 13.8 Å². The third-order valence-corrected chi connectivity index (χ3v) is 4.28. The van der Waals surface area contributed by atoms with Crippen molar-refractivity contribution in [2.75, 3.05) is 5.32 Å². The molecule has 0 saturated carbocycles. The maximum absolute atomic E-state index is 12.1. The fourth-order valence-corrected chi connectivity index (χ4v) is 2.85. The standard InChI is InChI=1S/C12H10ClN5OS/c1-5-3-7(20-6(5)2)11(19)18-12-16-9(13)8-10(17-12)15-4-14-8/h3-4H,1-2H3,(H2,14,15,16,17,18,19). The van der Waals surface area contributed by atoms with Gasteiger partial charge in [-0.25, -0.2) is 4.98 Å². The molecule has 0 spiro atoms. The first-order valence-electron chi connectivity index (χ1n) is 5.79. The van der Waals surface area contributed by atoms with E-state index in [1.165, 1.54) is 17.7 Å². The number of rotatable bonds is 2. The van der Waals surface area contributed by atoms with Crippen LogP contribution in [0.1, 0.15) is 20.1 Å². The summed E-state index contributed by atoms with van der Waals surface area (Å²) in [6, 6.07) is 1.84. The van der Waals surface area contributed by atoms with E-state index in [0.29, 0.717) is 16.0 Å². The summed E-state index contributed by atoms with van der Waals surface area (Å²) in [5.74, 6) is -0.111. The second-order valence-electron chi connectivity index (χ2n) is 4.24. The number of anilines is 1. The van der Waals surface area contributed by atoms with E-state index in [4.69, 9.17) is 11.6 Å². The number of carbonyl (C=O) groups excluding carboxylic acids is 1. The molecule has 0 fully saturated rings. The van der Waals surface area contributed by atoms with E-state index in [-0.39, 0.29) is 17.0 Å². The highest BCUT2D eigenvalue weighted by molar-refractivity contribution is 7.14. The summed E-state index contributed by atoms with van der Waals surface area (Å²) in [5, 5.41) is 2.86. The van der Waals surface area contributed by atoms with Crippen LogP contribution in [0, 0.1) is 13.8 Å². The minimum atomic E-state index is -0.253. The van der Waals surface area contributed by atoms with Crippen LogP contribution >= 0.6 is 22.9 Å². The Labute approximate surface area is 123 Å². The molecular weight excluding hydrogens is 298 g/mol. The Morgan fingerprint density at radius 3 is 2.90 bits per heavy atom. The van der Waals surface area contributed by atoms with Crippen LogP contribution in [0.5, 0.6) is 0 Å². The third-order valence-electron chi connectivity index (χ3n) is 2.86. The normalized spacial score (nSPS) is 10.9. The number of hydrogen-bond donors (Lipinski definition) is 2. The summed E-state index contributed by atoms with van der Waals surface area (Å²) in [6.45, 7) is 3.94. The Morgan fingerprint density at radius 2 is 2.20 bits per heavy atom. The Bertz CT molecular complexity index is 790. The molecule has 0 radical (unpaired) electrons. The quantitative estimate of drug-likeness (QED) is 0.713. The van der Waals surface area contributed by atoms with E-state index >= 15 is 0 Å². The van der Waals surface area contributed by atoms with E-state index in [1.807, 2.05) is 19.9 Å². The summed E-state index contributed by atoms with van der Waals surface area (Å²) in [4.78, 5) is 28.8. The first-order chi connectivity index (χ1) is 9.54. The maximum Gasteiger partial charge on any atom is 0.268 e. The molecule has 3 heterocycles. The van der Waals surface area contributed by atoms with Crippen molar-refractivity contribution in [3.05, 3.63) is 32.9 Å². The van der Waals surface area contributed by atoms with E-state index in [0.717, 1.165) is 10.4 Å². The molecule has 2 N–H and O–H groups in total. The Kier molecular flexibility index (Phi) is 3.15. The predicted molar refractivity (Wildman–Crippen MR) is 78.4 cm³/mol. The first kappa shape index (κ1) is 13.0. The molecule has 3 rings (SSSR count). The molecule has 0 bridgehead atoms. The Morgan fingerprint density at radius 1 is 1.40 bits per heavy atom. The number of thiophene rings is 1. The predicted octanol–water partition coefficient (Wildman–Crippen LogP) is 2.94. The van der Waals surface area contributed by atoms with Crippen molar-refractivity contribution in [1.82, 2.24) is 19.9 Å². The average Bonchev–Trinajstić information content (AvgIpc) is 2.97. The lowest BCUT2D eigenvalue weighted by Gasteiger charge is -2.02. The van der Waals surface area contributed by atoms with Gasteiger partial charge in [0.25, 0.3) is 5.91 Å². The summed E-state index contributed by atoms with van der Waals surface area (Å²) in [5.41, 5.74) is 2.05. The largest absolute Gasteiger partial charge is 0.341 e. The number of nitrogens with zero attached hydrogens (tertiary/aromatic N) is 3. The molecule has 20 heavy (non-hydrogen) atoms. The van der Waals surface area contributed by atoms with Crippen LogP contribution < -0.4 is 5.32 Å². The average molecular weight is 308 g/mol. The summed E-state index contributed by atoms with van der Waals surface area (Å²) in [6.07, 6.45) is 1.48. The van der Waals surface area contributed by atoms with Crippen molar-refractivity contribution in [3.63, 3.8) is 0 Å². The highest BCUT2D eigenvalue weighted by Crippen LogP contribution is 2.22. The van der Waals surface area contributed by atoms with Gasteiger partial charge >= 0.3 is 0 Å². The van der Waals surface area contributed by atoms with Crippen LogP contribution in [0.25, 0.3) is 11.2 Å². The fourth-order valence-electron chi connectivity index (χ4n) is 1.70. The molecule has 0 aliphatic heterocycles. The molecule has 8 heteroatoms. The minimum Gasteiger partial charge on any atom is -0.341 e. The van der Waals surface area contributed by atoms with Gasteiger partial charge in [-0.05, 0) is 25.5 Å². The number of carbonyl (C=O) groups is 1. The molecule has 3 aromatic heterocycles. The van der Waals surface area contributed by atoms with Crippen LogP contribution in [0.3, 0.4) is 0 Å². The van der Waals surface area contributed by atoms with Crippen LogP contribution in [-0.4, -0.2) is 25.8 Å². The van der Waals surface area contributed by atoms with Gasteiger partial charge in [0.1, 0.15) is 5.52 Å². The third kappa shape index (κ3) is 2.25. The highest BCUT2D eigenvalue weighted by atomic mass is 35.5. The molecule has 0 aliphatic rings. The molecule has 3 aromatic rings. The number of aromatic nitrogens is 4. The molecular formula is C12H10ClN5OS. The van der Waals surface area contributed by atoms with Crippen LogP contribution in [0.15, 0.2) is 12.4 Å². The number of nitrogens with one attached hydrogen (secondary N) is 2. The highest BCUT2D eigenvalue weighted by Gasteiger charge is 2.14. The monoisotopic (exact) mass is 307 g/mol. The fraction of sp³-hybridized carbons (Fsp3) is 0.167. The molecule has 6 nitrogen and oxygen atoms in total. The Balaban J connectivity index is 1.90. The maximum atomic E-state index is 12.1. The lowest BCUT2D eigenvalue weighted by molar-refractivity contribution is 0.102. The number of amides is 1. The zero-order chi connectivity index (χ0) is 14.3. The van der Waals surface area contributed by atoms with E-state index < -0.39 is 0 Å². The molecule has 0 atom stereocenters. The minimum absolute atomic E-state index is 0.142. The van der Waals surface area contributed by atoms with Crippen LogP contribution in [0.2, 0.25) is 5.15 Å². The lowest BCUT2D eigenvalue weighted by atomic mass is 10.3. The summed E-state index contributed by atoms with van der Waals surface area (Å²) < 4.78 is 0. The zero-order valence-electron chi connectivity index (χ0n) is 10.7. The number of aromatic amines is 1. The van der Waals surface area contributed by atoms with Gasteiger partial charge in [-0.2, -0.15) is 9.97 Å². The van der Waals surface area contributed by atoms with Gasteiger partial charge in [0.2, 0.25) is 5.95 Å². The zero-order valence-corrected chi connectivity index (χ0v) is 12.3. The van der Waals surface area contributed by atoms with Crippen molar-refractivity contribution >= 4 is 46.0 Å². The van der Waals surface area contributed by atoms with E-state index in [9.17, 15) is 4.79 Å².